The molecule has 0 spiro atoms. The standard InChI is InChI=1S/C13H19ClN2O4S/c1-2-3-9-16(10-8-13(17)15-18)21(19,20)12-6-4-11(14)5-7-12/h4-7,18H,2-3,8-10H2,1H3,(H,15,17). The minimum Gasteiger partial charge on any atom is -0.289 e. The molecule has 0 aliphatic rings. The smallest absolute Gasteiger partial charge is 0.244 e. The molecule has 0 unspecified atom stereocenters. The number of carbonyl (C=O) groups excluding carboxylic acids is 1. The Kier molecular flexibility index (Phi) is 7.10. The lowest BCUT2D eigenvalue weighted by Crippen LogP contribution is -2.35. The van der Waals surface area contributed by atoms with Crippen molar-refractivity contribution in [3.63, 3.8) is 0 Å². The maximum absolute atomic E-state index is 12.5. The summed E-state index contributed by atoms with van der Waals surface area (Å²) in [7, 11) is -3.68. The lowest BCUT2D eigenvalue weighted by Gasteiger charge is -2.21. The molecule has 1 aromatic rings. The monoisotopic (exact) mass is 334 g/mol. The molecule has 0 fully saturated rings. The van der Waals surface area contributed by atoms with Crippen molar-refractivity contribution in [1.29, 1.82) is 0 Å². The lowest BCUT2D eigenvalue weighted by atomic mass is 10.3. The molecule has 0 atom stereocenters. The quantitative estimate of drug-likeness (QED) is 0.562. The van der Waals surface area contributed by atoms with E-state index < -0.39 is 15.9 Å². The van der Waals surface area contributed by atoms with E-state index in [1.807, 2.05) is 6.92 Å². The maximum atomic E-state index is 12.5. The Morgan fingerprint density at radius 2 is 1.90 bits per heavy atom. The van der Waals surface area contributed by atoms with Gasteiger partial charge in [0.05, 0.1) is 4.90 Å². The molecule has 0 bridgehead atoms. The number of hydrogen-bond acceptors (Lipinski definition) is 4. The summed E-state index contributed by atoms with van der Waals surface area (Å²) in [6.45, 7) is 2.28. The van der Waals surface area contributed by atoms with Gasteiger partial charge >= 0.3 is 0 Å². The van der Waals surface area contributed by atoms with Crippen LogP contribution in [0.2, 0.25) is 5.02 Å². The van der Waals surface area contributed by atoms with E-state index in [1.54, 1.807) is 0 Å². The molecule has 0 heterocycles. The van der Waals surface area contributed by atoms with Gasteiger partial charge in [-0.3, -0.25) is 10.0 Å². The zero-order valence-electron chi connectivity index (χ0n) is 11.8. The van der Waals surface area contributed by atoms with Gasteiger partial charge < -0.3 is 0 Å². The maximum Gasteiger partial charge on any atom is 0.244 e. The summed E-state index contributed by atoms with van der Waals surface area (Å²) in [5, 5.41) is 8.94. The number of halogens is 1. The van der Waals surface area contributed by atoms with Crippen LogP contribution in [0.1, 0.15) is 26.2 Å². The fourth-order valence-corrected chi connectivity index (χ4v) is 3.33. The summed E-state index contributed by atoms with van der Waals surface area (Å²) in [4.78, 5) is 11.2. The summed E-state index contributed by atoms with van der Waals surface area (Å²) in [5.41, 5.74) is 1.50. The zero-order valence-corrected chi connectivity index (χ0v) is 13.3. The second-order valence-corrected chi connectivity index (χ2v) is 6.87. The fraction of sp³-hybridized carbons (Fsp3) is 0.462. The van der Waals surface area contributed by atoms with Gasteiger partial charge in [-0.15, -0.1) is 0 Å². The Hall–Kier alpha value is -1.15. The van der Waals surface area contributed by atoms with Crippen molar-refractivity contribution in [3.8, 4) is 0 Å². The molecule has 0 aliphatic heterocycles. The van der Waals surface area contributed by atoms with Crippen LogP contribution < -0.4 is 5.48 Å². The summed E-state index contributed by atoms with van der Waals surface area (Å²) in [6, 6.07) is 5.88. The Labute approximate surface area is 129 Å². The average molecular weight is 335 g/mol. The predicted molar refractivity (Wildman–Crippen MR) is 79.7 cm³/mol. The van der Waals surface area contributed by atoms with Crippen molar-refractivity contribution in [1.82, 2.24) is 9.79 Å². The van der Waals surface area contributed by atoms with Crippen molar-refractivity contribution < 1.29 is 18.4 Å². The largest absolute Gasteiger partial charge is 0.289 e. The highest BCUT2D eigenvalue weighted by atomic mass is 35.5. The van der Waals surface area contributed by atoms with Crippen LogP contribution in [0.4, 0.5) is 0 Å². The van der Waals surface area contributed by atoms with Crippen LogP contribution in [-0.2, 0) is 14.8 Å². The van der Waals surface area contributed by atoms with Crippen LogP contribution >= 0.6 is 11.6 Å². The van der Waals surface area contributed by atoms with Crippen molar-refractivity contribution in [2.24, 2.45) is 0 Å². The van der Waals surface area contributed by atoms with E-state index in [0.717, 1.165) is 6.42 Å². The van der Waals surface area contributed by atoms with Crippen LogP contribution in [0.15, 0.2) is 29.2 Å². The van der Waals surface area contributed by atoms with E-state index in [1.165, 1.54) is 34.1 Å². The van der Waals surface area contributed by atoms with E-state index in [-0.39, 0.29) is 17.9 Å². The van der Waals surface area contributed by atoms with E-state index in [4.69, 9.17) is 16.8 Å². The SMILES string of the molecule is CCCCN(CCC(=O)NO)S(=O)(=O)c1ccc(Cl)cc1. The number of nitrogens with zero attached hydrogens (tertiary/aromatic N) is 1. The van der Waals surface area contributed by atoms with E-state index >= 15 is 0 Å². The van der Waals surface area contributed by atoms with E-state index in [9.17, 15) is 13.2 Å². The van der Waals surface area contributed by atoms with Gasteiger partial charge in [-0.2, -0.15) is 4.31 Å². The minimum atomic E-state index is -3.68. The molecule has 1 rings (SSSR count). The molecule has 0 saturated carbocycles. The van der Waals surface area contributed by atoms with Crippen LogP contribution in [0.3, 0.4) is 0 Å². The van der Waals surface area contributed by atoms with Crippen LogP contribution in [0.25, 0.3) is 0 Å². The number of carbonyl (C=O) groups is 1. The summed E-state index contributed by atoms with van der Waals surface area (Å²) < 4.78 is 26.3. The molecule has 21 heavy (non-hydrogen) atoms. The summed E-state index contributed by atoms with van der Waals surface area (Å²) in [6.07, 6.45) is 1.42. The molecule has 0 aromatic heterocycles. The highest BCUT2D eigenvalue weighted by Gasteiger charge is 2.24. The summed E-state index contributed by atoms with van der Waals surface area (Å²) in [5.74, 6) is -0.622. The first kappa shape index (κ1) is 17.9. The number of unbranched alkanes of at least 4 members (excludes halogenated alkanes) is 1. The highest BCUT2D eigenvalue weighted by molar-refractivity contribution is 7.89. The van der Waals surface area contributed by atoms with Crippen molar-refractivity contribution in [2.75, 3.05) is 13.1 Å². The third kappa shape index (κ3) is 5.28. The van der Waals surface area contributed by atoms with Gasteiger partial charge in [0.1, 0.15) is 0 Å². The molecular weight excluding hydrogens is 316 g/mol. The Balaban J connectivity index is 2.93. The molecule has 6 nitrogen and oxygen atoms in total. The number of hydrogen-bond donors (Lipinski definition) is 2. The third-order valence-electron chi connectivity index (χ3n) is 2.93. The van der Waals surface area contributed by atoms with Crippen LogP contribution in [0, 0.1) is 0 Å². The van der Waals surface area contributed by atoms with Gasteiger partial charge in [0, 0.05) is 24.5 Å². The highest BCUT2D eigenvalue weighted by Crippen LogP contribution is 2.19. The number of hydroxylamine groups is 1. The number of rotatable bonds is 8. The number of benzene rings is 1. The second-order valence-electron chi connectivity index (χ2n) is 4.50. The van der Waals surface area contributed by atoms with Gasteiger partial charge in [0.15, 0.2) is 0 Å². The number of nitrogens with one attached hydrogen (secondary N) is 1. The van der Waals surface area contributed by atoms with Crippen molar-refractivity contribution in [3.05, 3.63) is 29.3 Å². The van der Waals surface area contributed by atoms with Gasteiger partial charge in [-0.1, -0.05) is 24.9 Å². The van der Waals surface area contributed by atoms with Gasteiger partial charge in [-0.25, -0.2) is 13.9 Å². The molecular formula is C13H19ClN2O4S. The Bertz CT molecular complexity index is 560. The number of amides is 1. The zero-order chi connectivity index (χ0) is 15.9. The van der Waals surface area contributed by atoms with Gasteiger partial charge in [-0.05, 0) is 30.7 Å². The van der Waals surface area contributed by atoms with E-state index in [2.05, 4.69) is 0 Å². The van der Waals surface area contributed by atoms with Gasteiger partial charge in [0.25, 0.3) is 0 Å². The first-order chi connectivity index (χ1) is 9.91. The predicted octanol–water partition coefficient (Wildman–Crippen LogP) is 2.03. The van der Waals surface area contributed by atoms with Crippen molar-refractivity contribution >= 4 is 27.5 Å². The molecule has 1 amide bonds. The molecule has 118 valence electrons. The summed E-state index contributed by atoms with van der Waals surface area (Å²) >= 11 is 5.76. The molecule has 0 radical (unpaired) electrons. The molecule has 2 N–H and O–H groups in total. The minimum absolute atomic E-state index is 0.0113. The first-order valence-corrected chi connectivity index (χ1v) is 8.42. The molecule has 8 heteroatoms. The Morgan fingerprint density at radius 1 is 1.29 bits per heavy atom. The average Bonchev–Trinajstić information content (AvgIpc) is 2.47. The Morgan fingerprint density at radius 3 is 2.43 bits per heavy atom. The molecule has 0 saturated heterocycles. The van der Waals surface area contributed by atoms with E-state index in [0.29, 0.717) is 18.0 Å². The van der Waals surface area contributed by atoms with Crippen LogP contribution in [-0.4, -0.2) is 36.9 Å². The second kappa shape index (κ2) is 8.33. The normalized spacial score (nSPS) is 11.6. The topological polar surface area (TPSA) is 86.7 Å². The molecule has 1 aromatic carbocycles. The first-order valence-electron chi connectivity index (χ1n) is 6.60. The fourth-order valence-electron chi connectivity index (χ4n) is 1.72. The van der Waals surface area contributed by atoms with Crippen LogP contribution in [0.5, 0.6) is 0 Å². The van der Waals surface area contributed by atoms with Gasteiger partial charge in [0.2, 0.25) is 15.9 Å². The number of sulfonamides is 1. The third-order valence-corrected chi connectivity index (χ3v) is 5.09. The van der Waals surface area contributed by atoms with Crippen molar-refractivity contribution in [2.45, 2.75) is 31.1 Å². The lowest BCUT2D eigenvalue weighted by molar-refractivity contribution is -0.129. The molecule has 0 aliphatic carbocycles.